The molecule has 8 heteroatoms. The first-order valence-electron chi connectivity index (χ1n) is 10.7. The highest BCUT2D eigenvalue weighted by atomic mass is 35.5. The monoisotopic (exact) mass is 495 g/mol. The Labute approximate surface area is 208 Å². The number of carbonyl (C=O) groups excluding carboxylic acids is 3. The normalized spacial score (nSPS) is 17.7. The van der Waals surface area contributed by atoms with Gasteiger partial charge in [-0.05, 0) is 30.2 Å². The van der Waals surface area contributed by atoms with Crippen molar-refractivity contribution in [1.29, 1.82) is 0 Å². The molecule has 174 valence electrons. The summed E-state index contributed by atoms with van der Waals surface area (Å²) in [6, 6.07) is 22.9. The lowest BCUT2D eigenvalue weighted by molar-refractivity contribution is -0.139. The van der Waals surface area contributed by atoms with Gasteiger partial charge in [-0.25, -0.2) is 4.79 Å². The molecule has 1 fully saturated rings. The Balaban J connectivity index is 1.60. The topological polar surface area (TPSA) is 69.7 Å². The van der Waals surface area contributed by atoms with Crippen molar-refractivity contribution >= 4 is 41.0 Å². The molecule has 0 aliphatic carbocycles. The molecule has 0 radical (unpaired) electrons. The summed E-state index contributed by atoms with van der Waals surface area (Å²) in [7, 11) is 1.67. The lowest BCUT2D eigenvalue weighted by atomic mass is 9.92. The highest BCUT2D eigenvalue weighted by Gasteiger charge is 2.50. The van der Waals surface area contributed by atoms with E-state index in [-0.39, 0.29) is 17.0 Å². The number of amides is 4. The molecule has 1 atom stereocenters. The molecule has 1 heterocycles. The van der Waals surface area contributed by atoms with Crippen LogP contribution in [-0.2, 0) is 15.1 Å². The number of carbonyl (C=O) groups is 3. The average molecular weight is 496 g/mol. The molecule has 3 aromatic rings. The SMILES string of the molecule is CN(C(=O)CN1C(=O)N[C@@](C)(c2ccc(Cl)cc2Cl)C1=O)C(c1ccccc1)c1ccccc1. The number of hydrogen-bond acceptors (Lipinski definition) is 3. The molecule has 6 nitrogen and oxygen atoms in total. The number of halogens is 2. The molecule has 0 unspecified atom stereocenters. The second kappa shape index (κ2) is 9.49. The maximum atomic E-state index is 13.3. The Morgan fingerprint density at radius 3 is 2.06 bits per heavy atom. The zero-order chi connectivity index (χ0) is 24.5. The van der Waals surface area contributed by atoms with Crippen LogP contribution in [-0.4, -0.2) is 41.2 Å². The molecule has 0 spiro atoms. The van der Waals surface area contributed by atoms with E-state index in [1.54, 1.807) is 31.0 Å². The maximum absolute atomic E-state index is 13.3. The number of hydrogen-bond donors (Lipinski definition) is 1. The molecular formula is C26H23Cl2N3O3. The fraction of sp³-hybridized carbons (Fsp3) is 0.192. The number of likely N-dealkylation sites (N-methyl/N-ethyl adjacent to an activating group) is 1. The third-order valence-corrected chi connectivity index (χ3v) is 6.60. The number of nitrogens with zero attached hydrogens (tertiary/aromatic N) is 2. The molecule has 0 saturated carbocycles. The largest absolute Gasteiger partial charge is 0.333 e. The quantitative estimate of drug-likeness (QED) is 0.488. The highest BCUT2D eigenvalue weighted by Crippen LogP contribution is 2.35. The van der Waals surface area contributed by atoms with Gasteiger partial charge in [0.05, 0.1) is 6.04 Å². The fourth-order valence-electron chi connectivity index (χ4n) is 4.22. The Morgan fingerprint density at radius 1 is 0.971 bits per heavy atom. The molecule has 34 heavy (non-hydrogen) atoms. The van der Waals surface area contributed by atoms with E-state index in [0.717, 1.165) is 16.0 Å². The fourth-order valence-corrected chi connectivity index (χ4v) is 4.82. The van der Waals surface area contributed by atoms with Crippen LogP contribution in [0.4, 0.5) is 4.79 Å². The van der Waals surface area contributed by atoms with E-state index in [1.807, 2.05) is 60.7 Å². The van der Waals surface area contributed by atoms with E-state index >= 15 is 0 Å². The average Bonchev–Trinajstić information content (AvgIpc) is 3.04. The minimum atomic E-state index is -1.41. The van der Waals surface area contributed by atoms with E-state index < -0.39 is 24.0 Å². The van der Waals surface area contributed by atoms with Gasteiger partial charge in [-0.3, -0.25) is 14.5 Å². The second-order valence-electron chi connectivity index (χ2n) is 8.30. The summed E-state index contributed by atoms with van der Waals surface area (Å²) in [6.45, 7) is 1.16. The second-order valence-corrected chi connectivity index (χ2v) is 9.14. The maximum Gasteiger partial charge on any atom is 0.325 e. The summed E-state index contributed by atoms with van der Waals surface area (Å²) in [5.74, 6) is -0.938. The van der Waals surface area contributed by atoms with Crippen molar-refractivity contribution in [1.82, 2.24) is 15.1 Å². The molecule has 1 aliphatic rings. The van der Waals surface area contributed by atoms with Crippen molar-refractivity contribution in [2.75, 3.05) is 13.6 Å². The van der Waals surface area contributed by atoms with Gasteiger partial charge in [0.25, 0.3) is 5.91 Å². The number of imide groups is 1. The van der Waals surface area contributed by atoms with Crippen molar-refractivity contribution in [2.24, 2.45) is 0 Å². The smallest absolute Gasteiger partial charge is 0.325 e. The molecule has 1 aliphatic heterocycles. The van der Waals surface area contributed by atoms with Crippen LogP contribution in [0.15, 0.2) is 78.9 Å². The predicted molar refractivity (Wildman–Crippen MR) is 132 cm³/mol. The molecule has 1 saturated heterocycles. The van der Waals surface area contributed by atoms with E-state index in [9.17, 15) is 14.4 Å². The van der Waals surface area contributed by atoms with E-state index in [0.29, 0.717) is 10.6 Å². The molecule has 0 bridgehead atoms. The number of urea groups is 1. The van der Waals surface area contributed by atoms with Gasteiger partial charge in [-0.1, -0.05) is 89.9 Å². The van der Waals surface area contributed by atoms with Crippen molar-refractivity contribution in [3.8, 4) is 0 Å². The molecule has 3 aromatic carbocycles. The predicted octanol–water partition coefficient (Wildman–Crippen LogP) is 5.01. The summed E-state index contributed by atoms with van der Waals surface area (Å²) < 4.78 is 0. The van der Waals surface area contributed by atoms with Gasteiger partial charge in [0, 0.05) is 22.7 Å². The summed E-state index contributed by atoms with van der Waals surface area (Å²) >= 11 is 12.3. The van der Waals surface area contributed by atoms with Crippen LogP contribution in [0, 0.1) is 0 Å². The van der Waals surface area contributed by atoms with Crippen LogP contribution in [0.2, 0.25) is 10.0 Å². The first-order valence-corrected chi connectivity index (χ1v) is 11.4. The Morgan fingerprint density at radius 2 is 1.53 bits per heavy atom. The lowest BCUT2D eigenvalue weighted by Gasteiger charge is -2.30. The van der Waals surface area contributed by atoms with Gasteiger partial charge in [0.2, 0.25) is 5.91 Å². The van der Waals surface area contributed by atoms with Crippen LogP contribution in [0.5, 0.6) is 0 Å². The standard InChI is InChI=1S/C26H23Cl2N3O3/c1-26(20-14-13-19(27)15-21(20)28)24(33)31(25(34)29-26)16-22(32)30(2)23(17-9-5-3-6-10-17)18-11-7-4-8-12-18/h3-15,23H,16H2,1-2H3,(H,29,34)/t26-/m0/s1. The summed E-state index contributed by atoms with van der Waals surface area (Å²) in [6.07, 6.45) is 0. The Bertz CT molecular complexity index is 1200. The van der Waals surface area contributed by atoms with Crippen LogP contribution in [0.25, 0.3) is 0 Å². The third kappa shape index (κ3) is 4.39. The van der Waals surface area contributed by atoms with E-state index in [1.165, 1.54) is 6.07 Å². The molecular weight excluding hydrogens is 473 g/mol. The number of nitrogens with one attached hydrogen (secondary N) is 1. The van der Waals surface area contributed by atoms with Crippen molar-refractivity contribution in [3.05, 3.63) is 106 Å². The van der Waals surface area contributed by atoms with Gasteiger partial charge in [-0.15, -0.1) is 0 Å². The molecule has 4 amide bonds. The van der Waals surface area contributed by atoms with Crippen molar-refractivity contribution in [3.63, 3.8) is 0 Å². The van der Waals surface area contributed by atoms with Gasteiger partial charge in [-0.2, -0.15) is 0 Å². The minimum Gasteiger partial charge on any atom is -0.333 e. The van der Waals surface area contributed by atoms with Gasteiger partial charge >= 0.3 is 6.03 Å². The highest BCUT2D eigenvalue weighted by molar-refractivity contribution is 6.35. The van der Waals surface area contributed by atoms with Gasteiger partial charge in [0.15, 0.2) is 0 Å². The zero-order valence-corrected chi connectivity index (χ0v) is 20.2. The van der Waals surface area contributed by atoms with E-state index in [4.69, 9.17) is 23.2 Å². The third-order valence-electron chi connectivity index (χ3n) is 6.05. The van der Waals surface area contributed by atoms with Crippen LogP contribution in [0.1, 0.15) is 29.7 Å². The summed E-state index contributed by atoms with van der Waals surface area (Å²) in [5.41, 5.74) is 0.835. The van der Waals surface area contributed by atoms with Gasteiger partial charge < -0.3 is 10.2 Å². The van der Waals surface area contributed by atoms with Crippen molar-refractivity contribution in [2.45, 2.75) is 18.5 Å². The van der Waals surface area contributed by atoms with Gasteiger partial charge in [0.1, 0.15) is 12.1 Å². The summed E-state index contributed by atoms with van der Waals surface area (Å²) in [4.78, 5) is 41.9. The molecule has 4 rings (SSSR count). The van der Waals surface area contributed by atoms with Crippen LogP contribution < -0.4 is 5.32 Å². The lowest BCUT2D eigenvalue weighted by Crippen LogP contribution is -2.44. The number of rotatable bonds is 6. The van der Waals surface area contributed by atoms with Crippen LogP contribution >= 0.6 is 23.2 Å². The van der Waals surface area contributed by atoms with Crippen LogP contribution in [0.3, 0.4) is 0 Å². The summed E-state index contributed by atoms with van der Waals surface area (Å²) in [5, 5.41) is 3.35. The molecule has 0 aromatic heterocycles. The molecule has 1 N–H and O–H groups in total. The zero-order valence-electron chi connectivity index (χ0n) is 18.7. The Hall–Kier alpha value is -3.35. The Kier molecular flexibility index (Phi) is 6.64. The first-order chi connectivity index (χ1) is 16.2. The van der Waals surface area contributed by atoms with Crippen molar-refractivity contribution < 1.29 is 14.4 Å². The minimum absolute atomic E-state index is 0.252. The van der Waals surface area contributed by atoms with E-state index in [2.05, 4.69) is 5.32 Å². The number of benzene rings is 3. The first kappa shape index (κ1) is 23.8.